The predicted octanol–water partition coefficient (Wildman–Crippen LogP) is 4.09. The number of piperazine rings is 1. The van der Waals surface area contributed by atoms with Crippen LogP contribution in [0.4, 0.5) is 18.9 Å². The first-order valence-electron chi connectivity index (χ1n) is 12.6. The van der Waals surface area contributed by atoms with Crippen LogP contribution in [-0.2, 0) is 15.8 Å². The maximum absolute atomic E-state index is 13.5. The van der Waals surface area contributed by atoms with E-state index in [4.69, 9.17) is 17.5 Å². The highest BCUT2D eigenvalue weighted by atomic mass is 32.2. The molecule has 0 spiro atoms. The molecule has 2 amide bonds. The first-order chi connectivity index (χ1) is 18.3. The first kappa shape index (κ1) is 29.2. The van der Waals surface area contributed by atoms with Crippen molar-refractivity contribution in [3.8, 4) is 6.07 Å². The lowest BCUT2D eigenvalue weighted by molar-refractivity contribution is -0.138. The van der Waals surface area contributed by atoms with E-state index in [9.17, 15) is 22.8 Å². The largest absolute Gasteiger partial charge is 0.417 e. The van der Waals surface area contributed by atoms with Crippen molar-refractivity contribution in [1.82, 2.24) is 14.7 Å². The minimum absolute atomic E-state index is 0.00848. The van der Waals surface area contributed by atoms with Crippen molar-refractivity contribution in [2.75, 3.05) is 49.9 Å². The summed E-state index contributed by atoms with van der Waals surface area (Å²) in [5.74, 6) is 0.162. The number of nitriles is 1. The van der Waals surface area contributed by atoms with Crippen LogP contribution in [0, 0.1) is 11.3 Å². The standard InChI is InChI=1S/C25H30F3N7O2S2/c1-23(2)20(36)35(18-7-6-17(15-29)19(14-18)25(26,27)28)22(38)34(23)9-5-4-8-32-10-12-33(13-11-32)21(37)24(3)16-39-31-30-24/h6-7,14H,4-5,8-13,16H2,1-3H3. The van der Waals surface area contributed by atoms with Gasteiger partial charge in [0.2, 0.25) is 0 Å². The molecule has 0 bridgehead atoms. The van der Waals surface area contributed by atoms with Gasteiger partial charge in [-0.15, -0.1) is 4.52 Å². The van der Waals surface area contributed by atoms with Crippen LogP contribution in [-0.4, -0.2) is 87.7 Å². The topological polar surface area (TPSA) is 95.6 Å². The van der Waals surface area contributed by atoms with Crippen molar-refractivity contribution < 1.29 is 22.8 Å². The van der Waals surface area contributed by atoms with Gasteiger partial charge < -0.3 is 9.80 Å². The van der Waals surface area contributed by atoms with Crippen LogP contribution in [0.15, 0.2) is 27.8 Å². The predicted molar refractivity (Wildman–Crippen MR) is 145 cm³/mol. The van der Waals surface area contributed by atoms with Gasteiger partial charge in [0, 0.05) is 44.7 Å². The van der Waals surface area contributed by atoms with Gasteiger partial charge in [-0.05, 0) is 70.6 Å². The number of unbranched alkanes of at least 4 members (excludes halogenated alkanes) is 1. The summed E-state index contributed by atoms with van der Waals surface area (Å²) in [6.45, 7) is 9.28. The Balaban J connectivity index is 1.32. The second-order valence-corrected chi connectivity index (χ2v) is 11.6. The maximum Gasteiger partial charge on any atom is 0.417 e. The van der Waals surface area contributed by atoms with Gasteiger partial charge in [-0.25, -0.2) is 0 Å². The summed E-state index contributed by atoms with van der Waals surface area (Å²) in [4.78, 5) is 33.1. The molecular weight excluding hydrogens is 551 g/mol. The molecule has 14 heteroatoms. The van der Waals surface area contributed by atoms with Crippen molar-refractivity contribution in [3.63, 3.8) is 0 Å². The third-order valence-corrected chi connectivity index (χ3v) is 8.69. The molecule has 2 fully saturated rings. The van der Waals surface area contributed by atoms with Crippen LogP contribution in [0.1, 0.15) is 44.7 Å². The summed E-state index contributed by atoms with van der Waals surface area (Å²) in [5.41, 5.74) is -3.42. The van der Waals surface area contributed by atoms with Crippen LogP contribution in [0.2, 0.25) is 0 Å². The molecule has 0 aliphatic carbocycles. The zero-order valence-corrected chi connectivity index (χ0v) is 23.6. The number of nitrogens with zero attached hydrogens (tertiary/aromatic N) is 7. The van der Waals surface area contributed by atoms with E-state index >= 15 is 0 Å². The normalized spacial score (nSPS) is 23.6. The van der Waals surface area contributed by atoms with E-state index in [1.54, 1.807) is 24.8 Å². The number of hydrogen-bond acceptors (Lipinski definition) is 8. The van der Waals surface area contributed by atoms with E-state index in [1.165, 1.54) is 18.0 Å². The van der Waals surface area contributed by atoms with Crippen LogP contribution in [0.5, 0.6) is 0 Å². The summed E-state index contributed by atoms with van der Waals surface area (Å²) in [6.07, 6.45) is -3.19. The number of amides is 2. The third kappa shape index (κ3) is 5.76. The maximum atomic E-state index is 13.5. The van der Waals surface area contributed by atoms with Gasteiger partial charge in [-0.2, -0.15) is 23.5 Å². The molecular formula is C25H30F3N7O2S2. The Kier molecular flexibility index (Phi) is 8.26. The number of alkyl halides is 3. The van der Waals surface area contributed by atoms with Crippen molar-refractivity contribution in [1.29, 1.82) is 5.26 Å². The van der Waals surface area contributed by atoms with Gasteiger partial charge in [0.15, 0.2) is 10.7 Å². The number of thiocarbonyl (C=S) groups is 1. The average molecular weight is 582 g/mol. The number of rotatable bonds is 7. The van der Waals surface area contributed by atoms with Crippen LogP contribution < -0.4 is 4.90 Å². The lowest BCUT2D eigenvalue weighted by Crippen LogP contribution is -2.54. The highest BCUT2D eigenvalue weighted by Crippen LogP contribution is 2.38. The molecule has 0 N–H and O–H groups in total. The number of anilines is 1. The SMILES string of the molecule is CC1(C(=O)N2CCN(CCCCN3C(=S)N(c4ccc(C#N)c(C(F)(F)F)c4)C(=O)C3(C)C)CC2)CSN=N1. The Labute approximate surface area is 235 Å². The quantitative estimate of drug-likeness (QED) is 0.272. The summed E-state index contributed by atoms with van der Waals surface area (Å²) >= 11 is 6.86. The van der Waals surface area contributed by atoms with Crippen molar-refractivity contribution in [2.24, 2.45) is 9.63 Å². The summed E-state index contributed by atoms with van der Waals surface area (Å²) < 4.78 is 44.4. The van der Waals surface area contributed by atoms with E-state index in [-0.39, 0.29) is 16.7 Å². The van der Waals surface area contributed by atoms with Crippen LogP contribution in [0.3, 0.4) is 0 Å². The average Bonchev–Trinajstić information content (AvgIpc) is 3.41. The van der Waals surface area contributed by atoms with E-state index in [1.807, 2.05) is 11.8 Å². The lowest BCUT2D eigenvalue weighted by atomic mass is 10.0. The Morgan fingerprint density at radius 2 is 1.82 bits per heavy atom. The smallest absolute Gasteiger partial charge is 0.338 e. The Hall–Kier alpha value is -2.76. The zero-order chi connectivity index (χ0) is 28.6. The molecule has 0 radical (unpaired) electrons. The third-order valence-electron chi connectivity index (χ3n) is 7.40. The summed E-state index contributed by atoms with van der Waals surface area (Å²) in [7, 11) is 0. The van der Waals surface area contributed by atoms with Gasteiger partial charge in [-0.3, -0.25) is 19.4 Å². The molecule has 1 unspecified atom stereocenters. The van der Waals surface area contributed by atoms with Crippen LogP contribution in [0.25, 0.3) is 0 Å². The first-order valence-corrected chi connectivity index (χ1v) is 14.0. The van der Waals surface area contributed by atoms with E-state index in [0.29, 0.717) is 25.4 Å². The molecule has 3 heterocycles. The highest BCUT2D eigenvalue weighted by molar-refractivity contribution is 7.98. The molecule has 1 aromatic carbocycles. The summed E-state index contributed by atoms with van der Waals surface area (Å²) in [5, 5.41) is 13.3. The minimum Gasteiger partial charge on any atom is -0.338 e. The van der Waals surface area contributed by atoms with Crippen molar-refractivity contribution in [2.45, 2.75) is 50.9 Å². The number of carbonyl (C=O) groups excluding carboxylic acids is 2. The number of carbonyl (C=O) groups is 2. The molecule has 0 saturated carbocycles. The molecule has 2 saturated heterocycles. The van der Waals surface area contributed by atoms with Crippen molar-refractivity contribution in [3.05, 3.63) is 29.3 Å². The zero-order valence-electron chi connectivity index (χ0n) is 22.0. The fourth-order valence-electron chi connectivity index (χ4n) is 4.97. The molecule has 3 aliphatic heterocycles. The molecule has 210 valence electrons. The second-order valence-electron chi connectivity index (χ2n) is 10.5. The van der Waals surface area contributed by atoms with Crippen LogP contribution >= 0.6 is 24.2 Å². The molecule has 39 heavy (non-hydrogen) atoms. The second kappa shape index (κ2) is 11.0. The van der Waals surface area contributed by atoms with E-state index in [0.717, 1.165) is 49.5 Å². The number of hydrogen-bond donors (Lipinski definition) is 0. The molecule has 3 aliphatic rings. The van der Waals surface area contributed by atoms with Gasteiger partial charge >= 0.3 is 6.18 Å². The summed E-state index contributed by atoms with van der Waals surface area (Å²) in [6, 6.07) is 4.74. The molecule has 1 aromatic rings. The van der Waals surface area contributed by atoms with Gasteiger partial charge in [-0.1, -0.05) is 0 Å². The fraction of sp³-hybridized carbons (Fsp3) is 0.600. The minimum atomic E-state index is -4.74. The van der Waals surface area contributed by atoms with Gasteiger partial charge in [0.25, 0.3) is 11.8 Å². The lowest BCUT2D eigenvalue weighted by Gasteiger charge is -2.37. The van der Waals surface area contributed by atoms with E-state index < -0.39 is 34.3 Å². The Morgan fingerprint density at radius 1 is 1.15 bits per heavy atom. The monoisotopic (exact) mass is 581 g/mol. The highest BCUT2D eigenvalue weighted by Gasteiger charge is 2.49. The number of benzene rings is 1. The van der Waals surface area contributed by atoms with Gasteiger partial charge in [0.05, 0.1) is 28.6 Å². The molecule has 4 rings (SSSR count). The van der Waals surface area contributed by atoms with Gasteiger partial charge in [0.1, 0.15) is 5.54 Å². The van der Waals surface area contributed by atoms with E-state index in [2.05, 4.69) is 14.5 Å². The fourth-order valence-corrected chi connectivity index (χ4v) is 6.21. The number of halogens is 3. The Bertz CT molecular complexity index is 1220. The molecule has 0 aromatic heterocycles. The van der Waals surface area contributed by atoms with Crippen molar-refractivity contribution >= 4 is 46.8 Å². The molecule has 1 atom stereocenters. The Morgan fingerprint density at radius 3 is 2.41 bits per heavy atom. The molecule has 9 nitrogen and oxygen atoms in total.